The van der Waals surface area contributed by atoms with Crippen LogP contribution in [0, 0.1) is 0 Å². The van der Waals surface area contributed by atoms with E-state index in [9.17, 15) is 19.8 Å². The van der Waals surface area contributed by atoms with Crippen LogP contribution in [-0.4, -0.2) is 28.4 Å². The Bertz CT molecular complexity index is 737. The largest absolute Gasteiger partial charge is 0.508 e. The first-order chi connectivity index (χ1) is 11.0. The maximum absolute atomic E-state index is 11.4. The zero-order valence-electron chi connectivity index (χ0n) is 12.3. The first-order valence-electron chi connectivity index (χ1n) is 6.79. The van der Waals surface area contributed by atoms with Gasteiger partial charge in [-0.3, -0.25) is 9.79 Å². The molecule has 2 rings (SSSR count). The minimum absolute atomic E-state index is 0.0436. The van der Waals surface area contributed by atoms with Crippen molar-refractivity contribution in [2.75, 3.05) is 0 Å². The van der Waals surface area contributed by atoms with Crippen LogP contribution in [-0.2, 0) is 9.59 Å². The average Bonchev–Trinajstić information content (AvgIpc) is 2.50. The van der Waals surface area contributed by atoms with Gasteiger partial charge in [0.15, 0.2) is 6.04 Å². The molecule has 0 fully saturated rings. The average molecular weight is 313 g/mol. The highest BCUT2D eigenvalue weighted by atomic mass is 16.5. The lowest BCUT2D eigenvalue weighted by Gasteiger charge is -2.09. The molecule has 0 saturated carbocycles. The van der Waals surface area contributed by atoms with E-state index in [1.54, 1.807) is 24.3 Å². The van der Waals surface area contributed by atoms with Crippen molar-refractivity contribution in [2.45, 2.75) is 13.0 Å². The molecule has 0 bridgehead atoms. The number of hydrogen-bond acceptors (Lipinski definition) is 5. The van der Waals surface area contributed by atoms with Gasteiger partial charge in [-0.15, -0.1) is 0 Å². The predicted molar refractivity (Wildman–Crippen MR) is 83.8 cm³/mol. The molecule has 2 aromatic carbocycles. The molecule has 2 N–H and O–H groups in total. The second-order valence-corrected chi connectivity index (χ2v) is 4.74. The third-order valence-electron chi connectivity index (χ3n) is 2.98. The number of hydrogen-bond donors (Lipinski definition) is 2. The molecule has 0 saturated heterocycles. The molecule has 6 nitrogen and oxygen atoms in total. The number of carboxylic acid groups (broad SMARTS) is 1. The Balaban J connectivity index is 2.30. The van der Waals surface area contributed by atoms with Crippen molar-refractivity contribution in [3.05, 3.63) is 59.7 Å². The van der Waals surface area contributed by atoms with E-state index >= 15 is 0 Å². The summed E-state index contributed by atoms with van der Waals surface area (Å²) in [6.45, 7) is 1.28. The SMILES string of the molecule is CC(=O)Oc1ccccc1C=NC(C(=O)O)c1ccc(O)cc1. The number of rotatable bonds is 5. The van der Waals surface area contributed by atoms with Crippen molar-refractivity contribution in [2.24, 2.45) is 4.99 Å². The number of para-hydroxylation sites is 1. The van der Waals surface area contributed by atoms with Gasteiger partial charge in [-0.1, -0.05) is 24.3 Å². The van der Waals surface area contributed by atoms with E-state index in [1.165, 1.54) is 37.4 Å². The van der Waals surface area contributed by atoms with Crippen molar-refractivity contribution < 1.29 is 24.5 Å². The molecule has 0 aliphatic heterocycles. The molecular formula is C17H15NO5. The van der Waals surface area contributed by atoms with Gasteiger partial charge >= 0.3 is 11.9 Å². The van der Waals surface area contributed by atoms with Crippen LogP contribution in [0.2, 0.25) is 0 Å². The summed E-state index contributed by atoms with van der Waals surface area (Å²) in [7, 11) is 0. The fourth-order valence-corrected chi connectivity index (χ4v) is 1.94. The zero-order chi connectivity index (χ0) is 16.8. The third kappa shape index (κ3) is 4.41. The van der Waals surface area contributed by atoms with Gasteiger partial charge in [-0.05, 0) is 29.8 Å². The number of carbonyl (C=O) groups excluding carboxylic acids is 1. The second kappa shape index (κ2) is 7.22. The number of nitrogens with zero attached hydrogens (tertiary/aromatic N) is 1. The summed E-state index contributed by atoms with van der Waals surface area (Å²) in [5.41, 5.74) is 0.921. The number of carbonyl (C=O) groups is 2. The first kappa shape index (κ1) is 16.2. The van der Waals surface area contributed by atoms with Crippen molar-refractivity contribution in [3.63, 3.8) is 0 Å². The molecule has 0 aromatic heterocycles. The molecule has 1 unspecified atom stereocenters. The fourth-order valence-electron chi connectivity index (χ4n) is 1.94. The second-order valence-electron chi connectivity index (χ2n) is 4.74. The summed E-state index contributed by atoms with van der Waals surface area (Å²) in [5.74, 6) is -1.25. The van der Waals surface area contributed by atoms with E-state index in [4.69, 9.17) is 4.74 Å². The number of aliphatic imine (C=N–C) groups is 1. The third-order valence-corrected chi connectivity index (χ3v) is 2.98. The topological polar surface area (TPSA) is 96.2 Å². The maximum Gasteiger partial charge on any atom is 0.333 e. The predicted octanol–water partition coefficient (Wildman–Crippen LogP) is 2.56. The molecule has 0 radical (unpaired) electrons. The van der Waals surface area contributed by atoms with Crippen LogP contribution in [0.3, 0.4) is 0 Å². The molecule has 23 heavy (non-hydrogen) atoms. The molecular weight excluding hydrogens is 298 g/mol. The first-order valence-corrected chi connectivity index (χ1v) is 6.79. The number of aromatic hydroxyl groups is 1. The Morgan fingerprint density at radius 3 is 2.39 bits per heavy atom. The molecule has 6 heteroatoms. The van der Waals surface area contributed by atoms with Gasteiger partial charge in [-0.2, -0.15) is 0 Å². The standard InChI is InChI=1S/C17H15NO5/c1-11(19)23-15-5-3-2-4-13(15)10-18-16(17(21)22)12-6-8-14(20)9-7-12/h2-10,16,20H,1H3,(H,21,22). The lowest BCUT2D eigenvalue weighted by Crippen LogP contribution is -2.10. The molecule has 0 spiro atoms. The summed E-state index contributed by atoms with van der Waals surface area (Å²) in [6.07, 6.45) is 1.35. The summed E-state index contributed by atoms with van der Waals surface area (Å²) in [6, 6.07) is 11.3. The number of ether oxygens (including phenoxy) is 1. The van der Waals surface area contributed by atoms with Gasteiger partial charge in [0.25, 0.3) is 0 Å². The normalized spacial score (nSPS) is 12.0. The highest BCUT2D eigenvalue weighted by Gasteiger charge is 2.18. The lowest BCUT2D eigenvalue weighted by atomic mass is 10.1. The number of phenolic OH excluding ortho intramolecular Hbond substituents is 1. The maximum atomic E-state index is 11.4. The van der Waals surface area contributed by atoms with Gasteiger partial charge in [0.05, 0.1) is 0 Å². The van der Waals surface area contributed by atoms with Crippen molar-refractivity contribution in [1.82, 2.24) is 0 Å². The Kier molecular flexibility index (Phi) is 5.09. The monoisotopic (exact) mass is 313 g/mol. The molecule has 0 aliphatic rings. The van der Waals surface area contributed by atoms with Crippen LogP contribution in [0.25, 0.3) is 0 Å². The van der Waals surface area contributed by atoms with Crippen molar-refractivity contribution in [1.29, 1.82) is 0 Å². The summed E-state index contributed by atoms with van der Waals surface area (Å²) in [4.78, 5) is 26.6. The minimum atomic E-state index is -1.13. The van der Waals surface area contributed by atoms with E-state index in [-0.39, 0.29) is 5.75 Å². The Labute approximate surface area is 132 Å². The van der Waals surface area contributed by atoms with Crippen molar-refractivity contribution >= 4 is 18.2 Å². The van der Waals surface area contributed by atoms with Gasteiger partial charge in [0.2, 0.25) is 0 Å². The number of benzene rings is 2. The quantitative estimate of drug-likeness (QED) is 0.502. The van der Waals surface area contributed by atoms with E-state index in [2.05, 4.69) is 4.99 Å². The Hall–Kier alpha value is -3.15. The van der Waals surface area contributed by atoms with E-state index < -0.39 is 18.0 Å². The van der Waals surface area contributed by atoms with Crippen LogP contribution in [0.1, 0.15) is 24.1 Å². The number of aliphatic carboxylic acids is 1. The highest BCUT2D eigenvalue weighted by molar-refractivity contribution is 5.87. The van der Waals surface area contributed by atoms with Gasteiger partial charge < -0.3 is 14.9 Å². The smallest absolute Gasteiger partial charge is 0.333 e. The van der Waals surface area contributed by atoms with E-state index in [0.717, 1.165) is 0 Å². The van der Waals surface area contributed by atoms with Crippen LogP contribution in [0.15, 0.2) is 53.5 Å². The minimum Gasteiger partial charge on any atom is -0.508 e. The van der Waals surface area contributed by atoms with Gasteiger partial charge in [0.1, 0.15) is 11.5 Å². The van der Waals surface area contributed by atoms with Gasteiger partial charge in [0, 0.05) is 18.7 Å². The highest BCUT2D eigenvalue weighted by Crippen LogP contribution is 2.22. The summed E-state index contributed by atoms with van der Waals surface area (Å²) < 4.78 is 5.05. The van der Waals surface area contributed by atoms with Gasteiger partial charge in [-0.25, -0.2) is 4.79 Å². The zero-order valence-corrected chi connectivity index (χ0v) is 12.3. The molecule has 0 amide bonds. The number of carboxylic acids is 1. The molecule has 0 heterocycles. The van der Waals surface area contributed by atoms with E-state index in [1.807, 2.05) is 0 Å². The molecule has 1 atom stereocenters. The van der Waals surface area contributed by atoms with Crippen LogP contribution in [0.4, 0.5) is 0 Å². The van der Waals surface area contributed by atoms with Crippen LogP contribution >= 0.6 is 0 Å². The van der Waals surface area contributed by atoms with Crippen molar-refractivity contribution in [3.8, 4) is 11.5 Å². The summed E-state index contributed by atoms with van der Waals surface area (Å²) in [5, 5.41) is 18.6. The molecule has 2 aromatic rings. The Morgan fingerprint density at radius 2 is 1.78 bits per heavy atom. The summed E-state index contributed by atoms with van der Waals surface area (Å²) >= 11 is 0. The van der Waals surface area contributed by atoms with Crippen LogP contribution in [0.5, 0.6) is 11.5 Å². The van der Waals surface area contributed by atoms with Crippen LogP contribution < -0.4 is 4.74 Å². The fraction of sp³-hybridized carbons (Fsp3) is 0.118. The van der Waals surface area contributed by atoms with E-state index in [0.29, 0.717) is 16.9 Å². The molecule has 0 aliphatic carbocycles. The number of esters is 1. The Morgan fingerprint density at radius 1 is 1.13 bits per heavy atom. The number of phenols is 1. The molecule has 118 valence electrons. The lowest BCUT2D eigenvalue weighted by molar-refractivity contribution is -0.138.